The minimum Gasteiger partial charge on any atom is -0.435 e. The number of anilines is 2. The van der Waals surface area contributed by atoms with E-state index in [1.807, 2.05) is 34.9 Å². The number of nitrogens with two attached hydrogens (primary N) is 1. The van der Waals surface area contributed by atoms with Crippen molar-refractivity contribution in [3.8, 4) is 5.75 Å². The van der Waals surface area contributed by atoms with E-state index in [0.29, 0.717) is 42.7 Å². The van der Waals surface area contributed by atoms with Crippen molar-refractivity contribution in [3.05, 3.63) is 76.1 Å². The summed E-state index contributed by atoms with van der Waals surface area (Å²) in [6, 6.07) is 16.3. The van der Waals surface area contributed by atoms with Gasteiger partial charge in [-0.3, -0.25) is 13.9 Å². The average Bonchev–Trinajstić information content (AvgIpc) is 3.24. The van der Waals surface area contributed by atoms with Gasteiger partial charge in [-0.1, -0.05) is 42.5 Å². The Morgan fingerprint density at radius 2 is 1.86 bits per heavy atom. The quantitative estimate of drug-likeness (QED) is 0.376. The molecular formula is C26H29F2N7O2. The molecular weight excluding hydrogens is 480 g/mol. The van der Waals surface area contributed by atoms with E-state index < -0.39 is 6.61 Å². The molecule has 1 aliphatic rings. The van der Waals surface area contributed by atoms with E-state index in [4.69, 9.17) is 10.7 Å². The second kappa shape index (κ2) is 10.6. The smallest absolute Gasteiger partial charge is 0.387 e. The molecule has 0 radical (unpaired) electrons. The number of halogens is 2. The third-order valence-corrected chi connectivity index (χ3v) is 6.49. The first kappa shape index (κ1) is 24.7. The first-order valence-corrected chi connectivity index (χ1v) is 12.2. The minimum absolute atomic E-state index is 0.0456. The number of ether oxygens (including phenoxy) is 1. The Labute approximate surface area is 212 Å². The summed E-state index contributed by atoms with van der Waals surface area (Å²) in [6.45, 7) is -0.590. The molecule has 194 valence electrons. The van der Waals surface area contributed by atoms with Gasteiger partial charge in [-0.15, -0.1) is 0 Å². The highest BCUT2D eigenvalue weighted by Gasteiger charge is 2.25. The normalized spacial score (nSPS) is 15.9. The molecule has 4 aromatic rings. The monoisotopic (exact) mass is 509 g/mol. The Morgan fingerprint density at radius 1 is 1.11 bits per heavy atom. The lowest BCUT2D eigenvalue weighted by molar-refractivity contribution is -0.0498. The van der Waals surface area contributed by atoms with E-state index in [1.165, 1.54) is 16.7 Å². The Morgan fingerprint density at radius 3 is 2.57 bits per heavy atom. The van der Waals surface area contributed by atoms with Crippen molar-refractivity contribution < 1.29 is 13.5 Å². The molecule has 1 fully saturated rings. The summed E-state index contributed by atoms with van der Waals surface area (Å²) < 4.78 is 32.6. The van der Waals surface area contributed by atoms with Gasteiger partial charge in [-0.05, 0) is 36.1 Å². The van der Waals surface area contributed by atoms with Crippen LogP contribution in [0.15, 0.2) is 59.4 Å². The van der Waals surface area contributed by atoms with Crippen LogP contribution >= 0.6 is 0 Å². The summed E-state index contributed by atoms with van der Waals surface area (Å²) in [5.41, 5.74) is 8.68. The molecule has 9 nitrogen and oxygen atoms in total. The number of aromatic nitrogens is 4. The standard InChI is InChI=1S/C26H29F2N7O2/c1-33-23(36)21-22(31-25(33)30-14-17-9-11-20(12-10-17)37-24(27)28)32-26(34-13-5-8-19(29)16-34)35(21)15-18-6-3-2-4-7-18/h2-4,6-7,9-12,19,24H,5,8,13-16,29H2,1H3,(H,30,31). The van der Waals surface area contributed by atoms with Crippen LogP contribution in [0.1, 0.15) is 24.0 Å². The molecule has 1 saturated heterocycles. The van der Waals surface area contributed by atoms with Gasteiger partial charge >= 0.3 is 6.61 Å². The molecule has 11 heteroatoms. The van der Waals surface area contributed by atoms with Gasteiger partial charge in [0.25, 0.3) is 5.56 Å². The van der Waals surface area contributed by atoms with E-state index in [-0.39, 0.29) is 17.4 Å². The molecule has 1 unspecified atom stereocenters. The number of fused-ring (bicyclic) bond motifs is 1. The predicted molar refractivity (Wildman–Crippen MR) is 138 cm³/mol. The maximum Gasteiger partial charge on any atom is 0.387 e. The minimum atomic E-state index is -2.87. The first-order valence-electron chi connectivity index (χ1n) is 12.2. The third kappa shape index (κ3) is 5.41. The van der Waals surface area contributed by atoms with Crippen molar-refractivity contribution in [1.29, 1.82) is 0 Å². The number of hydrogen-bond donors (Lipinski definition) is 2. The molecule has 5 rings (SSSR count). The van der Waals surface area contributed by atoms with E-state index >= 15 is 0 Å². The molecule has 0 saturated carbocycles. The van der Waals surface area contributed by atoms with Crippen LogP contribution in [0.2, 0.25) is 0 Å². The second-order valence-electron chi connectivity index (χ2n) is 9.18. The zero-order chi connectivity index (χ0) is 25.9. The number of imidazole rings is 1. The fourth-order valence-electron chi connectivity index (χ4n) is 4.62. The van der Waals surface area contributed by atoms with Crippen LogP contribution in [0.25, 0.3) is 11.2 Å². The summed E-state index contributed by atoms with van der Waals surface area (Å²) in [4.78, 5) is 25.2. The van der Waals surface area contributed by atoms with Gasteiger partial charge < -0.3 is 20.7 Å². The van der Waals surface area contributed by atoms with E-state index in [1.54, 1.807) is 19.2 Å². The number of benzene rings is 2. The van der Waals surface area contributed by atoms with Gasteiger partial charge in [0.1, 0.15) is 5.75 Å². The molecule has 37 heavy (non-hydrogen) atoms. The lowest BCUT2D eigenvalue weighted by Gasteiger charge is -2.31. The molecule has 0 amide bonds. The summed E-state index contributed by atoms with van der Waals surface area (Å²) in [6.07, 6.45) is 1.91. The summed E-state index contributed by atoms with van der Waals surface area (Å²) >= 11 is 0. The van der Waals surface area contributed by atoms with Crippen LogP contribution in [0.5, 0.6) is 5.75 Å². The maximum absolute atomic E-state index is 13.6. The first-order chi connectivity index (χ1) is 17.9. The van der Waals surface area contributed by atoms with Gasteiger partial charge in [0, 0.05) is 32.7 Å². The highest BCUT2D eigenvalue weighted by molar-refractivity contribution is 5.75. The number of rotatable bonds is 8. The van der Waals surface area contributed by atoms with Crippen molar-refractivity contribution in [1.82, 2.24) is 19.1 Å². The van der Waals surface area contributed by atoms with Crippen molar-refractivity contribution >= 4 is 23.1 Å². The van der Waals surface area contributed by atoms with Gasteiger partial charge in [0.15, 0.2) is 11.2 Å². The van der Waals surface area contributed by atoms with Crippen LogP contribution in [0.3, 0.4) is 0 Å². The fraction of sp³-hybridized carbons (Fsp3) is 0.346. The highest BCUT2D eigenvalue weighted by atomic mass is 19.3. The summed E-state index contributed by atoms with van der Waals surface area (Å²) in [7, 11) is 1.66. The maximum atomic E-state index is 13.6. The number of nitrogens with zero attached hydrogens (tertiary/aromatic N) is 5. The van der Waals surface area contributed by atoms with Gasteiger partial charge in [-0.25, -0.2) is 0 Å². The van der Waals surface area contributed by atoms with E-state index in [2.05, 4.69) is 19.9 Å². The SMILES string of the molecule is Cn1c(NCc2ccc(OC(F)F)cc2)nc2nc(N3CCCC(N)C3)n(Cc3ccccc3)c2c1=O. The van der Waals surface area contributed by atoms with Gasteiger partial charge in [0.2, 0.25) is 11.9 Å². The molecule has 0 spiro atoms. The predicted octanol–water partition coefficient (Wildman–Crippen LogP) is 3.32. The number of nitrogens with one attached hydrogen (secondary N) is 1. The largest absolute Gasteiger partial charge is 0.435 e. The van der Waals surface area contributed by atoms with E-state index in [9.17, 15) is 13.6 Å². The van der Waals surface area contributed by atoms with Crippen LogP contribution in [0, 0.1) is 0 Å². The summed E-state index contributed by atoms with van der Waals surface area (Å²) in [5, 5.41) is 3.17. The molecule has 3 heterocycles. The van der Waals surface area contributed by atoms with Gasteiger partial charge in [-0.2, -0.15) is 18.7 Å². The van der Waals surface area contributed by atoms with Crippen LogP contribution in [-0.4, -0.2) is 44.8 Å². The summed E-state index contributed by atoms with van der Waals surface area (Å²) in [5.74, 6) is 1.13. The topological polar surface area (TPSA) is 103 Å². The molecule has 1 atom stereocenters. The lowest BCUT2D eigenvalue weighted by Crippen LogP contribution is -2.44. The highest BCUT2D eigenvalue weighted by Crippen LogP contribution is 2.25. The fourth-order valence-corrected chi connectivity index (χ4v) is 4.62. The Balaban J connectivity index is 1.48. The van der Waals surface area contributed by atoms with E-state index in [0.717, 1.165) is 30.5 Å². The number of hydrogen-bond acceptors (Lipinski definition) is 7. The lowest BCUT2D eigenvalue weighted by atomic mass is 10.1. The number of piperidine rings is 1. The van der Waals surface area contributed by atoms with Crippen molar-refractivity contribution in [3.63, 3.8) is 0 Å². The van der Waals surface area contributed by atoms with Crippen LogP contribution < -0.4 is 26.2 Å². The zero-order valence-corrected chi connectivity index (χ0v) is 20.5. The van der Waals surface area contributed by atoms with Gasteiger partial charge in [0.05, 0.1) is 6.54 Å². The molecule has 0 aliphatic carbocycles. The Hall–Kier alpha value is -3.99. The van der Waals surface area contributed by atoms with Crippen molar-refractivity contribution in [2.24, 2.45) is 12.8 Å². The molecule has 2 aromatic carbocycles. The Kier molecular flexibility index (Phi) is 7.04. The van der Waals surface area contributed by atoms with Crippen LogP contribution in [0.4, 0.5) is 20.7 Å². The van der Waals surface area contributed by atoms with Crippen LogP contribution in [-0.2, 0) is 20.1 Å². The molecule has 3 N–H and O–H groups in total. The van der Waals surface area contributed by atoms with Crippen molar-refractivity contribution in [2.45, 2.75) is 38.6 Å². The third-order valence-electron chi connectivity index (χ3n) is 6.49. The molecule has 0 bridgehead atoms. The molecule has 2 aromatic heterocycles. The number of alkyl halides is 2. The zero-order valence-electron chi connectivity index (χ0n) is 20.5. The average molecular weight is 510 g/mol. The van der Waals surface area contributed by atoms with Crippen molar-refractivity contribution in [2.75, 3.05) is 23.3 Å². The molecule has 1 aliphatic heterocycles. The second-order valence-corrected chi connectivity index (χ2v) is 9.18. The Bertz CT molecular complexity index is 1420.